The zero-order valence-electron chi connectivity index (χ0n) is 16.7. The molecule has 3 aromatic rings. The first-order valence-corrected chi connectivity index (χ1v) is 10.5. The molecule has 6 nitrogen and oxygen atoms in total. The van der Waals surface area contributed by atoms with Crippen LogP contribution in [0.5, 0.6) is 0 Å². The third-order valence-electron chi connectivity index (χ3n) is 4.25. The van der Waals surface area contributed by atoms with Crippen LogP contribution in [0.3, 0.4) is 0 Å². The maximum absolute atomic E-state index is 12.4. The number of para-hydroxylation sites is 3. The van der Waals surface area contributed by atoms with Crippen LogP contribution in [0, 0.1) is 0 Å². The molecule has 158 valence electrons. The van der Waals surface area contributed by atoms with E-state index in [0.717, 1.165) is 17.1 Å². The number of amides is 1. The summed E-state index contributed by atoms with van der Waals surface area (Å²) in [7, 11) is 0. The van der Waals surface area contributed by atoms with E-state index in [1.807, 2.05) is 95.9 Å². The Morgan fingerprint density at radius 1 is 0.710 bits per heavy atom. The first-order valence-electron chi connectivity index (χ1n) is 9.71. The van der Waals surface area contributed by atoms with E-state index < -0.39 is 0 Å². The summed E-state index contributed by atoms with van der Waals surface area (Å²) in [5.41, 5.74) is 7.95. The molecule has 0 radical (unpaired) electrons. The molecule has 0 unspecified atom stereocenters. The van der Waals surface area contributed by atoms with Crippen molar-refractivity contribution in [3.8, 4) is 0 Å². The fraction of sp³-hybridized carbons (Fsp3) is 0.0870. The van der Waals surface area contributed by atoms with Crippen molar-refractivity contribution in [2.75, 3.05) is 22.1 Å². The first-order chi connectivity index (χ1) is 15.1. The SMILES string of the molecule is O=C(CCN(C(=S)Nc1ccccc1)c1ccccc1)NNC(=S)Nc1ccccc1. The first kappa shape index (κ1) is 22.2. The van der Waals surface area contributed by atoms with Gasteiger partial charge in [-0.15, -0.1) is 0 Å². The Hall–Kier alpha value is -3.49. The van der Waals surface area contributed by atoms with Gasteiger partial charge in [0, 0.05) is 30.0 Å². The van der Waals surface area contributed by atoms with Crippen molar-refractivity contribution in [3.63, 3.8) is 0 Å². The molecule has 3 rings (SSSR count). The molecule has 3 aromatic carbocycles. The number of hydrazine groups is 1. The lowest BCUT2D eigenvalue weighted by atomic mass is 10.2. The Balaban J connectivity index is 1.54. The summed E-state index contributed by atoms with van der Waals surface area (Å²) in [5, 5.41) is 7.04. The average molecular weight is 450 g/mol. The molecular weight excluding hydrogens is 426 g/mol. The Labute approximate surface area is 192 Å². The second-order valence-corrected chi connectivity index (χ2v) is 7.32. The molecule has 8 heteroatoms. The van der Waals surface area contributed by atoms with Crippen molar-refractivity contribution in [1.29, 1.82) is 0 Å². The van der Waals surface area contributed by atoms with Crippen molar-refractivity contribution in [2.24, 2.45) is 0 Å². The molecule has 0 spiro atoms. The van der Waals surface area contributed by atoms with Gasteiger partial charge in [0.15, 0.2) is 10.2 Å². The fourth-order valence-corrected chi connectivity index (χ4v) is 3.24. The summed E-state index contributed by atoms with van der Waals surface area (Å²) in [4.78, 5) is 14.3. The van der Waals surface area contributed by atoms with E-state index in [9.17, 15) is 4.79 Å². The standard InChI is InChI=1S/C23H23N5OS2/c29-21(26-27-22(30)24-18-10-4-1-5-11-18)16-17-28(20-14-8-3-9-15-20)23(31)25-19-12-6-2-7-13-19/h1-15H,16-17H2,(H,25,31)(H,26,29)(H2,24,27,30). The maximum Gasteiger partial charge on any atom is 0.240 e. The predicted molar refractivity (Wildman–Crippen MR) is 135 cm³/mol. The fourth-order valence-electron chi connectivity index (χ4n) is 2.75. The molecule has 31 heavy (non-hydrogen) atoms. The van der Waals surface area contributed by atoms with Crippen LogP contribution in [0.2, 0.25) is 0 Å². The van der Waals surface area contributed by atoms with Gasteiger partial charge < -0.3 is 15.5 Å². The zero-order chi connectivity index (χ0) is 21.9. The normalized spacial score (nSPS) is 9.94. The van der Waals surface area contributed by atoms with Crippen LogP contribution in [0.15, 0.2) is 91.0 Å². The molecule has 0 aromatic heterocycles. The lowest BCUT2D eigenvalue weighted by Gasteiger charge is -2.26. The van der Waals surface area contributed by atoms with Gasteiger partial charge in [0.2, 0.25) is 5.91 Å². The Bertz CT molecular complexity index is 1000. The highest BCUT2D eigenvalue weighted by Crippen LogP contribution is 2.16. The van der Waals surface area contributed by atoms with Gasteiger partial charge in [-0.25, -0.2) is 0 Å². The van der Waals surface area contributed by atoms with E-state index in [2.05, 4.69) is 21.5 Å². The second kappa shape index (κ2) is 11.6. The highest BCUT2D eigenvalue weighted by Gasteiger charge is 2.14. The van der Waals surface area contributed by atoms with Crippen molar-refractivity contribution < 1.29 is 4.79 Å². The van der Waals surface area contributed by atoms with Gasteiger partial charge in [0.1, 0.15) is 0 Å². The van der Waals surface area contributed by atoms with Crippen LogP contribution in [0.1, 0.15) is 6.42 Å². The summed E-state index contributed by atoms with van der Waals surface area (Å²) in [6.07, 6.45) is 0.215. The predicted octanol–water partition coefficient (Wildman–Crippen LogP) is 4.30. The maximum atomic E-state index is 12.4. The van der Waals surface area contributed by atoms with Crippen LogP contribution in [-0.2, 0) is 4.79 Å². The number of carbonyl (C=O) groups excluding carboxylic acids is 1. The molecule has 1 amide bonds. The topological polar surface area (TPSA) is 68.4 Å². The highest BCUT2D eigenvalue weighted by molar-refractivity contribution is 7.81. The van der Waals surface area contributed by atoms with Gasteiger partial charge in [-0.1, -0.05) is 54.6 Å². The number of thiocarbonyl (C=S) groups is 2. The molecule has 0 atom stereocenters. The summed E-state index contributed by atoms with van der Waals surface area (Å²) < 4.78 is 0. The van der Waals surface area contributed by atoms with Gasteiger partial charge in [-0.2, -0.15) is 0 Å². The molecule has 0 saturated carbocycles. The molecule has 0 aliphatic heterocycles. The lowest BCUT2D eigenvalue weighted by molar-refractivity contribution is -0.121. The molecule has 0 saturated heterocycles. The summed E-state index contributed by atoms with van der Waals surface area (Å²) in [5.74, 6) is -0.208. The van der Waals surface area contributed by atoms with Crippen LogP contribution in [0.4, 0.5) is 17.1 Å². The molecule has 0 fully saturated rings. The minimum atomic E-state index is -0.208. The van der Waals surface area contributed by atoms with Gasteiger partial charge >= 0.3 is 0 Å². The smallest absolute Gasteiger partial charge is 0.240 e. The van der Waals surface area contributed by atoms with E-state index in [4.69, 9.17) is 24.4 Å². The van der Waals surface area contributed by atoms with Gasteiger partial charge in [0.25, 0.3) is 0 Å². The summed E-state index contributed by atoms with van der Waals surface area (Å²) in [6, 6.07) is 28.9. The van der Waals surface area contributed by atoms with Crippen LogP contribution >= 0.6 is 24.4 Å². The number of hydrogen-bond acceptors (Lipinski definition) is 3. The minimum absolute atomic E-state index is 0.208. The zero-order valence-corrected chi connectivity index (χ0v) is 18.4. The van der Waals surface area contributed by atoms with Crippen LogP contribution in [0.25, 0.3) is 0 Å². The van der Waals surface area contributed by atoms with E-state index in [-0.39, 0.29) is 12.3 Å². The number of hydrogen-bond donors (Lipinski definition) is 4. The van der Waals surface area contributed by atoms with E-state index in [0.29, 0.717) is 16.8 Å². The third kappa shape index (κ3) is 7.36. The molecule has 4 N–H and O–H groups in total. The van der Waals surface area contributed by atoms with E-state index >= 15 is 0 Å². The number of anilines is 3. The molecule has 0 bridgehead atoms. The number of carbonyl (C=O) groups is 1. The third-order valence-corrected chi connectivity index (χ3v) is 4.77. The Morgan fingerprint density at radius 2 is 1.23 bits per heavy atom. The van der Waals surface area contributed by atoms with Crippen molar-refractivity contribution in [2.45, 2.75) is 6.42 Å². The minimum Gasteiger partial charge on any atom is -0.332 e. The number of nitrogens with zero attached hydrogens (tertiary/aromatic N) is 1. The van der Waals surface area contributed by atoms with Gasteiger partial charge in [-0.05, 0) is 60.8 Å². The van der Waals surface area contributed by atoms with Gasteiger partial charge in [-0.3, -0.25) is 15.6 Å². The van der Waals surface area contributed by atoms with E-state index in [1.54, 1.807) is 0 Å². The quantitative estimate of drug-likeness (QED) is 0.330. The van der Waals surface area contributed by atoms with Crippen molar-refractivity contribution in [3.05, 3.63) is 91.0 Å². The molecule has 0 heterocycles. The summed E-state index contributed by atoms with van der Waals surface area (Å²) in [6.45, 7) is 0.398. The molecular formula is C23H23N5OS2. The molecule has 0 aliphatic rings. The number of benzene rings is 3. The second-order valence-electron chi connectivity index (χ2n) is 6.53. The summed E-state index contributed by atoms with van der Waals surface area (Å²) >= 11 is 10.8. The Kier molecular flexibility index (Phi) is 8.33. The number of rotatable bonds is 6. The average Bonchev–Trinajstić information content (AvgIpc) is 2.80. The molecule has 0 aliphatic carbocycles. The lowest BCUT2D eigenvalue weighted by Crippen LogP contribution is -2.45. The highest BCUT2D eigenvalue weighted by atomic mass is 32.1. The largest absolute Gasteiger partial charge is 0.332 e. The number of nitrogens with one attached hydrogen (secondary N) is 4. The Morgan fingerprint density at radius 3 is 1.81 bits per heavy atom. The van der Waals surface area contributed by atoms with Gasteiger partial charge in [0.05, 0.1) is 0 Å². The van der Waals surface area contributed by atoms with E-state index in [1.165, 1.54) is 0 Å². The monoisotopic (exact) mass is 449 g/mol. The van der Waals surface area contributed by atoms with Crippen molar-refractivity contribution >= 4 is 57.6 Å². The van der Waals surface area contributed by atoms with Crippen molar-refractivity contribution in [1.82, 2.24) is 10.9 Å². The van der Waals surface area contributed by atoms with Crippen LogP contribution in [-0.4, -0.2) is 22.7 Å². The van der Waals surface area contributed by atoms with Crippen LogP contribution < -0.4 is 26.4 Å².